The standard InChI is InChI=1S/C21H25ClN2O2/c22-19-8-4-7-18(15-19)20(17-5-2-1-3-6-17)16-21(25)23-9-10-24-11-13-26-14-12-24/h1-8,15,20H,9-14,16H2,(H,23,25). The number of ether oxygens (including phenoxy) is 1. The fraction of sp³-hybridized carbons (Fsp3) is 0.381. The summed E-state index contributed by atoms with van der Waals surface area (Å²) in [7, 11) is 0. The molecule has 1 heterocycles. The summed E-state index contributed by atoms with van der Waals surface area (Å²) in [5.41, 5.74) is 2.19. The summed E-state index contributed by atoms with van der Waals surface area (Å²) >= 11 is 6.17. The topological polar surface area (TPSA) is 41.6 Å². The van der Waals surface area contributed by atoms with Crippen molar-refractivity contribution < 1.29 is 9.53 Å². The van der Waals surface area contributed by atoms with Gasteiger partial charge in [-0.05, 0) is 23.3 Å². The van der Waals surface area contributed by atoms with Gasteiger partial charge >= 0.3 is 0 Å². The largest absolute Gasteiger partial charge is 0.379 e. The van der Waals surface area contributed by atoms with Crippen LogP contribution in [0.3, 0.4) is 0 Å². The van der Waals surface area contributed by atoms with E-state index in [4.69, 9.17) is 16.3 Å². The molecule has 0 spiro atoms. The van der Waals surface area contributed by atoms with Crippen molar-refractivity contribution in [3.8, 4) is 0 Å². The molecule has 0 aromatic heterocycles. The first kappa shape index (κ1) is 18.9. The number of carbonyl (C=O) groups excluding carboxylic acids is 1. The number of nitrogens with one attached hydrogen (secondary N) is 1. The second-order valence-corrected chi connectivity index (χ2v) is 6.96. The zero-order valence-corrected chi connectivity index (χ0v) is 15.6. The van der Waals surface area contributed by atoms with Crippen molar-refractivity contribution in [1.29, 1.82) is 0 Å². The third kappa shape index (κ3) is 5.56. The van der Waals surface area contributed by atoms with Crippen LogP contribution in [0.5, 0.6) is 0 Å². The fourth-order valence-electron chi connectivity index (χ4n) is 3.27. The molecule has 1 atom stereocenters. The molecular formula is C21H25ClN2O2. The van der Waals surface area contributed by atoms with Crippen LogP contribution in [-0.4, -0.2) is 50.2 Å². The van der Waals surface area contributed by atoms with Gasteiger partial charge in [0.15, 0.2) is 0 Å². The lowest BCUT2D eigenvalue weighted by atomic mass is 9.88. The SMILES string of the molecule is O=C(CC(c1ccccc1)c1cccc(Cl)c1)NCCN1CCOCC1. The lowest BCUT2D eigenvalue weighted by molar-refractivity contribution is -0.121. The lowest BCUT2D eigenvalue weighted by Gasteiger charge is -2.26. The highest BCUT2D eigenvalue weighted by molar-refractivity contribution is 6.30. The molecule has 3 rings (SSSR count). The van der Waals surface area contributed by atoms with E-state index in [2.05, 4.69) is 22.3 Å². The fourth-order valence-corrected chi connectivity index (χ4v) is 3.47. The van der Waals surface area contributed by atoms with Crippen molar-refractivity contribution in [2.45, 2.75) is 12.3 Å². The molecule has 1 saturated heterocycles. The van der Waals surface area contributed by atoms with Gasteiger partial charge in [-0.2, -0.15) is 0 Å². The summed E-state index contributed by atoms with van der Waals surface area (Å²) in [6.45, 7) is 4.95. The molecule has 0 radical (unpaired) electrons. The minimum atomic E-state index is -0.00159. The molecular weight excluding hydrogens is 348 g/mol. The van der Waals surface area contributed by atoms with E-state index in [1.165, 1.54) is 0 Å². The van der Waals surface area contributed by atoms with Crippen molar-refractivity contribution in [3.63, 3.8) is 0 Å². The van der Waals surface area contributed by atoms with E-state index >= 15 is 0 Å². The molecule has 0 bridgehead atoms. The molecule has 138 valence electrons. The van der Waals surface area contributed by atoms with Gasteiger partial charge in [0, 0.05) is 43.5 Å². The van der Waals surface area contributed by atoms with Crippen LogP contribution in [0.4, 0.5) is 0 Å². The molecule has 0 saturated carbocycles. The number of morpholine rings is 1. The van der Waals surface area contributed by atoms with E-state index in [-0.39, 0.29) is 11.8 Å². The molecule has 2 aromatic carbocycles. The number of hydrogen-bond acceptors (Lipinski definition) is 3. The summed E-state index contributed by atoms with van der Waals surface area (Å²) in [4.78, 5) is 14.9. The molecule has 1 aliphatic rings. The first-order valence-electron chi connectivity index (χ1n) is 9.09. The Morgan fingerprint density at radius 3 is 2.54 bits per heavy atom. The highest BCUT2D eigenvalue weighted by atomic mass is 35.5. The van der Waals surface area contributed by atoms with Gasteiger partial charge in [0.05, 0.1) is 13.2 Å². The number of amides is 1. The van der Waals surface area contributed by atoms with Gasteiger partial charge in [0.1, 0.15) is 0 Å². The number of benzene rings is 2. The van der Waals surface area contributed by atoms with Gasteiger partial charge in [-0.3, -0.25) is 9.69 Å². The Hall–Kier alpha value is -1.88. The second-order valence-electron chi connectivity index (χ2n) is 6.53. The van der Waals surface area contributed by atoms with Crippen LogP contribution in [0.15, 0.2) is 54.6 Å². The van der Waals surface area contributed by atoms with E-state index in [0.29, 0.717) is 18.0 Å². The van der Waals surface area contributed by atoms with Gasteiger partial charge in [-0.1, -0.05) is 54.1 Å². The lowest BCUT2D eigenvalue weighted by Crippen LogP contribution is -2.41. The molecule has 0 aliphatic carbocycles. The Morgan fingerprint density at radius 2 is 1.81 bits per heavy atom. The highest BCUT2D eigenvalue weighted by Gasteiger charge is 2.19. The van der Waals surface area contributed by atoms with Crippen molar-refractivity contribution in [3.05, 3.63) is 70.7 Å². The first-order chi connectivity index (χ1) is 12.7. The van der Waals surface area contributed by atoms with Crippen molar-refractivity contribution in [2.24, 2.45) is 0 Å². The van der Waals surface area contributed by atoms with Gasteiger partial charge < -0.3 is 10.1 Å². The molecule has 26 heavy (non-hydrogen) atoms. The predicted molar refractivity (Wildman–Crippen MR) is 105 cm³/mol. The normalized spacial score (nSPS) is 16.2. The molecule has 1 N–H and O–H groups in total. The van der Waals surface area contributed by atoms with E-state index in [1.807, 2.05) is 42.5 Å². The highest BCUT2D eigenvalue weighted by Crippen LogP contribution is 2.29. The van der Waals surface area contributed by atoms with Crippen LogP contribution in [0.25, 0.3) is 0 Å². The summed E-state index contributed by atoms with van der Waals surface area (Å²) < 4.78 is 5.35. The quantitative estimate of drug-likeness (QED) is 0.810. The first-order valence-corrected chi connectivity index (χ1v) is 9.47. The average Bonchev–Trinajstić information content (AvgIpc) is 2.68. The van der Waals surface area contributed by atoms with Crippen LogP contribution in [0.1, 0.15) is 23.5 Å². The smallest absolute Gasteiger partial charge is 0.220 e. The zero-order chi connectivity index (χ0) is 18.2. The van der Waals surface area contributed by atoms with E-state index in [0.717, 1.165) is 44.0 Å². The Bertz CT molecular complexity index is 702. The summed E-state index contributed by atoms with van der Waals surface area (Å²) in [6.07, 6.45) is 0.410. The van der Waals surface area contributed by atoms with Crippen molar-refractivity contribution in [2.75, 3.05) is 39.4 Å². The Morgan fingerprint density at radius 1 is 1.08 bits per heavy atom. The van der Waals surface area contributed by atoms with E-state index < -0.39 is 0 Å². The molecule has 1 amide bonds. The summed E-state index contributed by atoms with van der Waals surface area (Å²) in [6, 6.07) is 17.9. The second kappa shape index (κ2) is 9.72. The van der Waals surface area contributed by atoms with Gasteiger partial charge in [-0.25, -0.2) is 0 Å². The number of halogens is 1. The van der Waals surface area contributed by atoms with Gasteiger partial charge in [0.2, 0.25) is 5.91 Å². The van der Waals surface area contributed by atoms with E-state index in [9.17, 15) is 4.79 Å². The Balaban J connectivity index is 1.61. The molecule has 2 aromatic rings. The summed E-state index contributed by atoms with van der Waals surface area (Å²) in [5.74, 6) is 0.0605. The minimum Gasteiger partial charge on any atom is -0.379 e. The molecule has 1 unspecified atom stereocenters. The third-order valence-corrected chi connectivity index (χ3v) is 4.93. The molecule has 5 heteroatoms. The van der Waals surface area contributed by atoms with Crippen molar-refractivity contribution >= 4 is 17.5 Å². The Labute approximate surface area is 160 Å². The van der Waals surface area contributed by atoms with Gasteiger partial charge in [0.25, 0.3) is 0 Å². The number of nitrogens with zero attached hydrogens (tertiary/aromatic N) is 1. The summed E-state index contributed by atoms with van der Waals surface area (Å²) in [5, 5.41) is 3.75. The van der Waals surface area contributed by atoms with E-state index in [1.54, 1.807) is 0 Å². The van der Waals surface area contributed by atoms with Crippen LogP contribution in [0, 0.1) is 0 Å². The number of hydrogen-bond donors (Lipinski definition) is 1. The maximum atomic E-state index is 12.5. The van der Waals surface area contributed by atoms with Crippen LogP contribution in [-0.2, 0) is 9.53 Å². The minimum absolute atomic E-state index is 0.00159. The number of carbonyl (C=O) groups is 1. The molecule has 4 nitrogen and oxygen atoms in total. The Kier molecular flexibility index (Phi) is 7.06. The molecule has 1 fully saturated rings. The van der Waals surface area contributed by atoms with Crippen molar-refractivity contribution in [1.82, 2.24) is 10.2 Å². The predicted octanol–water partition coefficient (Wildman–Crippen LogP) is 3.31. The van der Waals surface area contributed by atoms with Crippen LogP contribution in [0.2, 0.25) is 5.02 Å². The maximum absolute atomic E-state index is 12.5. The monoisotopic (exact) mass is 372 g/mol. The molecule has 1 aliphatic heterocycles. The maximum Gasteiger partial charge on any atom is 0.220 e. The van der Waals surface area contributed by atoms with Crippen LogP contribution >= 0.6 is 11.6 Å². The van der Waals surface area contributed by atoms with Gasteiger partial charge in [-0.15, -0.1) is 0 Å². The van der Waals surface area contributed by atoms with Crippen LogP contribution < -0.4 is 5.32 Å². The zero-order valence-electron chi connectivity index (χ0n) is 14.9. The average molecular weight is 373 g/mol. The number of rotatable bonds is 7. The third-order valence-electron chi connectivity index (χ3n) is 4.70.